The molecule has 6 nitrogen and oxygen atoms in total. The molecule has 0 bridgehead atoms. The van der Waals surface area contributed by atoms with Crippen LogP contribution in [0.1, 0.15) is 59.3 Å². The van der Waals surface area contributed by atoms with Gasteiger partial charge in [0, 0.05) is 36.8 Å². The molecule has 1 atom stereocenters. The molecule has 0 saturated heterocycles. The van der Waals surface area contributed by atoms with Crippen LogP contribution in [0.25, 0.3) is 0 Å². The number of benzene rings is 2. The molecular weight excluding hydrogens is 412 g/mol. The first-order chi connectivity index (χ1) is 16.1. The fourth-order valence-corrected chi connectivity index (χ4v) is 3.57. The van der Waals surface area contributed by atoms with Crippen LogP contribution in [0.2, 0.25) is 0 Å². The Morgan fingerprint density at radius 2 is 1.82 bits per heavy atom. The molecule has 1 unspecified atom stereocenters. The molecule has 0 aliphatic rings. The summed E-state index contributed by atoms with van der Waals surface area (Å²) in [6, 6.07) is 19.1. The molecule has 0 spiro atoms. The van der Waals surface area contributed by atoms with Crippen molar-refractivity contribution in [1.29, 1.82) is 0 Å². The molecule has 0 saturated carbocycles. The van der Waals surface area contributed by atoms with Crippen molar-refractivity contribution in [3.8, 4) is 0 Å². The van der Waals surface area contributed by atoms with Gasteiger partial charge in [-0.2, -0.15) is 0 Å². The van der Waals surface area contributed by atoms with Gasteiger partial charge >= 0.3 is 0 Å². The lowest BCUT2D eigenvalue weighted by Crippen LogP contribution is -2.27. The van der Waals surface area contributed by atoms with Gasteiger partial charge in [0.2, 0.25) is 0 Å². The van der Waals surface area contributed by atoms with Gasteiger partial charge in [0.25, 0.3) is 5.91 Å². The van der Waals surface area contributed by atoms with Crippen molar-refractivity contribution in [3.05, 3.63) is 95.3 Å². The lowest BCUT2D eigenvalue weighted by atomic mass is 10.1. The number of hydrogen-bond donors (Lipinski definition) is 3. The van der Waals surface area contributed by atoms with Crippen LogP contribution >= 0.6 is 0 Å². The molecule has 1 aromatic heterocycles. The number of nitrogen functional groups attached to an aromatic ring is 1. The van der Waals surface area contributed by atoms with E-state index < -0.39 is 0 Å². The van der Waals surface area contributed by atoms with Crippen LogP contribution in [0.15, 0.2) is 73.1 Å². The molecule has 0 fully saturated rings. The average Bonchev–Trinajstić information content (AvgIpc) is 2.84. The van der Waals surface area contributed by atoms with Crippen molar-refractivity contribution in [3.63, 3.8) is 0 Å². The topological polar surface area (TPSA) is 89.3 Å². The Morgan fingerprint density at radius 3 is 2.58 bits per heavy atom. The number of unbranched alkanes of at least 4 members (excludes halogenated alkanes) is 2. The summed E-state index contributed by atoms with van der Waals surface area (Å²) in [4.78, 5) is 16.6. The second-order valence-corrected chi connectivity index (χ2v) is 8.17. The summed E-state index contributed by atoms with van der Waals surface area (Å²) < 4.78 is 5.68. The van der Waals surface area contributed by atoms with Gasteiger partial charge in [-0.15, -0.1) is 0 Å². The van der Waals surface area contributed by atoms with E-state index in [0.29, 0.717) is 17.9 Å². The zero-order chi connectivity index (χ0) is 23.3. The number of carbonyl (C=O) groups is 1. The number of aromatic nitrogens is 1. The molecule has 3 aromatic rings. The van der Waals surface area contributed by atoms with E-state index in [-0.39, 0.29) is 11.9 Å². The number of nitrogens with one attached hydrogen (secondary N) is 2. The maximum absolute atomic E-state index is 12.6. The van der Waals surface area contributed by atoms with E-state index in [1.54, 1.807) is 6.20 Å². The average molecular weight is 447 g/mol. The van der Waals surface area contributed by atoms with Crippen LogP contribution < -0.4 is 16.4 Å². The Kier molecular flexibility index (Phi) is 9.88. The van der Waals surface area contributed by atoms with Crippen molar-refractivity contribution < 1.29 is 9.53 Å². The van der Waals surface area contributed by atoms with Crippen molar-refractivity contribution in [2.24, 2.45) is 0 Å². The normalized spacial score (nSPS) is 11.8. The van der Waals surface area contributed by atoms with Crippen LogP contribution in [-0.2, 0) is 17.9 Å². The molecule has 1 amide bonds. The molecule has 0 aliphatic carbocycles. The van der Waals surface area contributed by atoms with E-state index >= 15 is 0 Å². The van der Waals surface area contributed by atoms with E-state index in [4.69, 9.17) is 10.5 Å². The highest BCUT2D eigenvalue weighted by Crippen LogP contribution is 2.20. The molecule has 2 aromatic carbocycles. The standard InChI is InChI=1S/C27H34N4O2/c1-21(25-9-3-4-10-26(25)28)31-27(32)24-13-11-22(12-14-24)18-29-15-5-2-6-17-33-20-23-8-7-16-30-19-23/h3-4,7-14,16,19,21,29H,2,5-6,15,17-18,20,28H2,1H3,(H,31,32). The van der Waals surface area contributed by atoms with Crippen LogP contribution in [0.3, 0.4) is 0 Å². The Bertz CT molecular complexity index is 977. The van der Waals surface area contributed by atoms with Crippen LogP contribution in [0, 0.1) is 0 Å². The van der Waals surface area contributed by atoms with E-state index in [2.05, 4.69) is 15.6 Å². The van der Waals surface area contributed by atoms with Gasteiger partial charge in [-0.25, -0.2) is 0 Å². The summed E-state index contributed by atoms with van der Waals surface area (Å²) in [5.41, 5.74) is 10.5. The number of pyridine rings is 1. The minimum Gasteiger partial charge on any atom is -0.398 e. The maximum Gasteiger partial charge on any atom is 0.251 e. The highest BCUT2D eigenvalue weighted by atomic mass is 16.5. The van der Waals surface area contributed by atoms with Gasteiger partial charge in [-0.05, 0) is 73.7 Å². The third kappa shape index (κ3) is 8.33. The van der Waals surface area contributed by atoms with E-state index in [1.165, 1.54) is 0 Å². The molecule has 6 heteroatoms. The van der Waals surface area contributed by atoms with Crippen LogP contribution in [0.5, 0.6) is 0 Å². The Morgan fingerprint density at radius 1 is 1.00 bits per heavy atom. The number of nitrogens with zero attached hydrogens (tertiary/aromatic N) is 1. The molecule has 0 aliphatic heterocycles. The lowest BCUT2D eigenvalue weighted by Gasteiger charge is -2.16. The third-order valence-corrected chi connectivity index (χ3v) is 5.49. The van der Waals surface area contributed by atoms with Crippen LogP contribution in [-0.4, -0.2) is 24.0 Å². The smallest absolute Gasteiger partial charge is 0.251 e. The van der Waals surface area contributed by atoms with Crippen molar-refractivity contribution in [2.45, 2.75) is 45.4 Å². The molecule has 33 heavy (non-hydrogen) atoms. The van der Waals surface area contributed by atoms with Gasteiger partial charge in [-0.3, -0.25) is 9.78 Å². The predicted octanol–water partition coefficient (Wildman–Crippen LogP) is 4.63. The molecule has 0 radical (unpaired) electrons. The molecule has 3 rings (SSSR count). The fraction of sp³-hybridized carbons (Fsp3) is 0.333. The summed E-state index contributed by atoms with van der Waals surface area (Å²) in [7, 11) is 0. The second kappa shape index (κ2) is 13.4. The number of ether oxygens (including phenoxy) is 1. The molecule has 1 heterocycles. The third-order valence-electron chi connectivity index (χ3n) is 5.49. The summed E-state index contributed by atoms with van der Waals surface area (Å²) in [6.45, 7) is 5.08. The van der Waals surface area contributed by atoms with Gasteiger partial charge in [0.1, 0.15) is 0 Å². The summed E-state index contributed by atoms with van der Waals surface area (Å²) in [6.07, 6.45) is 6.90. The van der Waals surface area contributed by atoms with Gasteiger partial charge < -0.3 is 21.1 Å². The Balaban J connectivity index is 1.28. The summed E-state index contributed by atoms with van der Waals surface area (Å²) >= 11 is 0. The number of para-hydroxylation sites is 1. The molecular formula is C27H34N4O2. The van der Waals surface area contributed by atoms with E-state index in [1.807, 2.05) is 73.8 Å². The fourth-order valence-electron chi connectivity index (χ4n) is 3.57. The van der Waals surface area contributed by atoms with Crippen molar-refractivity contribution in [1.82, 2.24) is 15.6 Å². The number of carbonyl (C=O) groups excluding carboxylic acids is 1. The second-order valence-electron chi connectivity index (χ2n) is 8.17. The number of amides is 1. The summed E-state index contributed by atoms with van der Waals surface area (Å²) in [5.74, 6) is -0.101. The predicted molar refractivity (Wildman–Crippen MR) is 133 cm³/mol. The molecule has 174 valence electrons. The number of hydrogen-bond acceptors (Lipinski definition) is 5. The minimum absolute atomic E-state index is 0.101. The van der Waals surface area contributed by atoms with Gasteiger partial charge in [-0.1, -0.05) is 36.4 Å². The van der Waals surface area contributed by atoms with Gasteiger partial charge in [0.05, 0.1) is 12.6 Å². The Labute approximate surface area is 196 Å². The highest BCUT2D eigenvalue weighted by molar-refractivity contribution is 5.94. The first kappa shape index (κ1) is 24.4. The number of anilines is 1. The summed E-state index contributed by atoms with van der Waals surface area (Å²) in [5, 5.41) is 6.48. The number of rotatable bonds is 13. The number of nitrogens with two attached hydrogens (primary N) is 1. The minimum atomic E-state index is -0.152. The van der Waals surface area contributed by atoms with Crippen molar-refractivity contribution >= 4 is 11.6 Å². The van der Waals surface area contributed by atoms with Crippen LogP contribution in [0.4, 0.5) is 5.69 Å². The maximum atomic E-state index is 12.6. The monoisotopic (exact) mass is 446 g/mol. The highest BCUT2D eigenvalue weighted by Gasteiger charge is 2.13. The van der Waals surface area contributed by atoms with Crippen molar-refractivity contribution in [2.75, 3.05) is 18.9 Å². The molecule has 4 N–H and O–H groups in total. The van der Waals surface area contributed by atoms with Gasteiger partial charge in [0.15, 0.2) is 0 Å². The lowest BCUT2D eigenvalue weighted by molar-refractivity contribution is 0.0940. The quantitative estimate of drug-likeness (QED) is 0.263. The van der Waals surface area contributed by atoms with E-state index in [0.717, 1.165) is 55.6 Å². The zero-order valence-corrected chi connectivity index (χ0v) is 19.3. The first-order valence-electron chi connectivity index (χ1n) is 11.5. The largest absolute Gasteiger partial charge is 0.398 e. The Hall–Kier alpha value is -3.22. The SMILES string of the molecule is CC(NC(=O)c1ccc(CNCCCCCOCc2cccnc2)cc1)c1ccccc1N. The first-order valence-corrected chi connectivity index (χ1v) is 11.5. The zero-order valence-electron chi connectivity index (χ0n) is 19.3. The van der Waals surface area contributed by atoms with E-state index in [9.17, 15) is 4.79 Å².